The largest absolute Gasteiger partial charge is 0.352 e. The molecule has 0 aliphatic carbocycles. The van der Waals surface area contributed by atoms with Crippen LogP contribution in [0, 0.1) is 0 Å². The Morgan fingerprint density at radius 2 is 1.94 bits per heavy atom. The fourth-order valence-electron chi connectivity index (χ4n) is 1.22. The lowest BCUT2D eigenvalue weighted by molar-refractivity contribution is 0.212. The van der Waals surface area contributed by atoms with Gasteiger partial charge in [-0.1, -0.05) is 0 Å². The summed E-state index contributed by atoms with van der Waals surface area (Å²) in [6, 6.07) is 1.82. The molecule has 98 valence electrons. The van der Waals surface area contributed by atoms with Crippen molar-refractivity contribution in [3.63, 3.8) is 0 Å². The molecule has 0 aliphatic heterocycles. The third-order valence-electron chi connectivity index (χ3n) is 1.91. The average molecular weight is 407 g/mol. The molecule has 1 rings (SSSR count). The summed E-state index contributed by atoms with van der Waals surface area (Å²) in [5, 5.41) is 0. The normalized spacial score (nSPS) is 13.9. The topological polar surface area (TPSA) is 61.5 Å². The summed E-state index contributed by atoms with van der Waals surface area (Å²) in [5.74, 6) is -0.755. The van der Waals surface area contributed by atoms with Gasteiger partial charge in [0.05, 0.1) is 17.0 Å². The second-order valence-electron chi connectivity index (χ2n) is 3.09. The Labute approximate surface area is 122 Å². The van der Waals surface area contributed by atoms with Gasteiger partial charge >= 0.3 is 7.60 Å². The molecule has 0 saturated heterocycles. The van der Waals surface area contributed by atoms with Gasteiger partial charge in [0.25, 0.3) is 0 Å². The third-order valence-corrected chi connectivity index (χ3v) is 7.62. The average Bonchev–Trinajstić information content (AvgIpc) is 2.59. The van der Waals surface area contributed by atoms with Crippen LogP contribution < -0.4 is 5.73 Å². The standard InChI is InChI=1S/C9H14Br2NO3PS/c1-3-14-16(13,15-4-2)9(12)7-5-6(10)8(11)17-7/h5,9H,3-4,12H2,1-2H3/t9-/m1/s1. The predicted octanol–water partition coefficient (Wildman–Crippen LogP) is 4.50. The van der Waals surface area contributed by atoms with Crippen LogP contribution in [0.4, 0.5) is 0 Å². The number of hydrogen-bond donors (Lipinski definition) is 1. The van der Waals surface area contributed by atoms with Crippen LogP contribution in [0.15, 0.2) is 14.3 Å². The first-order valence-corrected chi connectivity index (χ1v) is 9.05. The summed E-state index contributed by atoms with van der Waals surface area (Å²) in [6.07, 6.45) is 0. The van der Waals surface area contributed by atoms with E-state index in [2.05, 4.69) is 31.9 Å². The smallest absolute Gasteiger partial charge is 0.313 e. The first kappa shape index (κ1) is 15.8. The Morgan fingerprint density at radius 1 is 1.41 bits per heavy atom. The van der Waals surface area contributed by atoms with Crippen LogP contribution in [0.2, 0.25) is 0 Å². The van der Waals surface area contributed by atoms with Crippen LogP contribution in [0.3, 0.4) is 0 Å². The van der Waals surface area contributed by atoms with Gasteiger partial charge in [0.1, 0.15) is 5.78 Å². The van der Waals surface area contributed by atoms with Crippen LogP contribution in [0.5, 0.6) is 0 Å². The molecule has 17 heavy (non-hydrogen) atoms. The lowest BCUT2D eigenvalue weighted by Gasteiger charge is -2.22. The van der Waals surface area contributed by atoms with Gasteiger partial charge in [-0.3, -0.25) is 4.57 Å². The Kier molecular flexibility index (Phi) is 6.33. The monoisotopic (exact) mass is 405 g/mol. The lowest BCUT2D eigenvalue weighted by atomic mass is 10.5. The van der Waals surface area contributed by atoms with E-state index >= 15 is 0 Å². The van der Waals surface area contributed by atoms with Gasteiger partial charge in [-0.2, -0.15) is 0 Å². The highest BCUT2D eigenvalue weighted by Gasteiger charge is 2.35. The molecular weight excluding hydrogens is 393 g/mol. The van der Waals surface area contributed by atoms with Crippen molar-refractivity contribution in [3.05, 3.63) is 19.2 Å². The lowest BCUT2D eigenvalue weighted by Crippen LogP contribution is -2.13. The highest BCUT2D eigenvalue weighted by molar-refractivity contribution is 9.13. The summed E-state index contributed by atoms with van der Waals surface area (Å²) in [6.45, 7) is 4.13. The van der Waals surface area contributed by atoms with Crippen molar-refractivity contribution in [2.24, 2.45) is 5.73 Å². The van der Waals surface area contributed by atoms with Gasteiger partial charge in [-0.05, 0) is 51.8 Å². The van der Waals surface area contributed by atoms with E-state index in [9.17, 15) is 4.57 Å². The van der Waals surface area contributed by atoms with Crippen molar-refractivity contribution in [1.29, 1.82) is 0 Å². The summed E-state index contributed by atoms with van der Waals surface area (Å²) in [5.41, 5.74) is 5.98. The molecule has 0 saturated carbocycles. The predicted molar refractivity (Wildman–Crippen MR) is 77.5 cm³/mol. The SMILES string of the molecule is CCOP(=O)(OCC)[C@@H](N)c1cc(Br)c(Br)s1. The summed E-state index contributed by atoms with van der Waals surface area (Å²) >= 11 is 8.15. The van der Waals surface area contributed by atoms with Crippen LogP contribution in [-0.4, -0.2) is 13.2 Å². The fourth-order valence-corrected chi connectivity index (χ4v) is 5.25. The zero-order valence-electron chi connectivity index (χ0n) is 9.48. The maximum atomic E-state index is 12.4. The highest BCUT2D eigenvalue weighted by atomic mass is 79.9. The number of rotatable bonds is 6. The van der Waals surface area contributed by atoms with Gasteiger partial charge in [0.2, 0.25) is 0 Å². The molecule has 4 nitrogen and oxygen atoms in total. The van der Waals surface area contributed by atoms with Crippen molar-refractivity contribution < 1.29 is 13.6 Å². The molecule has 8 heteroatoms. The minimum Gasteiger partial charge on any atom is -0.313 e. The quantitative estimate of drug-likeness (QED) is 0.706. The van der Waals surface area contributed by atoms with Crippen molar-refractivity contribution >= 4 is 50.8 Å². The van der Waals surface area contributed by atoms with Crippen molar-refractivity contribution in [1.82, 2.24) is 0 Å². The number of hydrogen-bond acceptors (Lipinski definition) is 5. The molecule has 1 heterocycles. The second-order valence-corrected chi connectivity index (χ2v) is 8.50. The Bertz CT molecular complexity index is 397. The number of thiophene rings is 1. The van der Waals surface area contributed by atoms with Gasteiger partial charge in [0, 0.05) is 9.35 Å². The first-order valence-electron chi connectivity index (χ1n) is 5.03. The Morgan fingerprint density at radius 3 is 2.29 bits per heavy atom. The molecule has 0 fully saturated rings. The van der Waals surface area contributed by atoms with E-state index in [0.717, 1.165) is 13.1 Å². The van der Waals surface area contributed by atoms with Gasteiger partial charge < -0.3 is 14.8 Å². The first-order chi connectivity index (χ1) is 7.94. The molecule has 1 aromatic rings. The molecule has 0 aromatic carbocycles. The Balaban J connectivity index is 2.99. The van der Waals surface area contributed by atoms with Gasteiger partial charge in [0.15, 0.2) is 0 Å². The van der Waals surface area contributed by atoms with E-state index in [1.807, 2.05) is 6.07 Å². The highest BCUT2D eigenvalue weighted by Crippen LogP contribution is 2.59. The summed E-state index contributed by atoms with van der Waals surface area (Å²) < 4.78 is 24.7. The molecule has 0 unspecified atom stereocenters. The van der Waals surface area contributed by atoms with E-state index in [-0.39, 0.29) is 0 Å². The van der Waals surface area contributed by atoms with E-state index in [4.69, 9.17) is 14.8 Å². The molecule has 0 amide bonds. The van der Waals surface area contributed by atoms with Crippen LogP contribution in [0.25, 0.3) is 0 Å². The van der Waals surface area contributed by atoms with Crippen molar-refractivity contribution in [2.45, 2.75) is 19.6 Å². The third kappa shape index (κ3) is 3.86. The summed E-state index contributed by atoms with van der Waals surface area (Å²) in [7, 11) is -3.29. The van der Waals surface area contributed by atoms with E-state index < -0.39 is 13.4 Å². The molecular formula is C9H14Br2NO3PS. The van der Waals surface area contributed by atoms with Crippen molar-refractivity contribution in [3.8, 4) is 0 Å². The molecule has 0 spiro atoms. The van der Waals surface area contributed by atoms with Crippen LogP contribution >= 0.6 is 50.8 Å². The van der Waals surface area contributed by atoms with Crippen molar-refractivity contribution in [2.75, 3.05) is 13.2 Å². The zero-order chi connectivity index (χ0) is 13.1. The van der Waals surface area contributed by atoms with Crippen LogP contribution in [-0.2, 0) is 13.6 Å². The van der Waals surface area contributed by atoms with E-state index in [1.165, 1.54) is 11.3 Å². The molecule has 2 N–H and O–H groups in total. The van der Waals surface area contributed by atoms with Gasteiger partial charge in [-0.25, -0.2) is 0 Å². The van der Waals surface area contributed by atoms with Gasteiger partial charge in [-0.15, -0.1) is 11.3 Å². The molecule has 1 atom stereocenters. The number of nitrogens with two attached hydrogens (primary N) is 1. The molecule has 0 aliphatic rings. The van der Waals surface area contributed by atoms with E-state index in [0.29, 0.717) is 13.2 Å². The fraction of sp³-hybridized carbons (Fsp3) is 0.556. The van der Waals surface area contributed by atoms with E-state index in [1.54, 1.807) is 13.8 Å². The second kappa shape index (κ2) is 6.80. The maximum Gasteiger partial charge on any atom is 0.352 e. The Hall–Kier alpha value is 0.770. The molecule has 0 bridgehead atoms. The number of halogens is 2. The minimum absolute atomic E-state index is 0.304. The molecule has 1 aromatic heterocycles. The maximum absolute atomic E-state index is 12.4. The molecule has 0 radical (unpaired) electrons. The van der Waals surface area contributed by atoms with Crippen LogP contribution in [0.1, 0.15) is 24.5 Å². The zero-order valence-corrected chi connectivity index (χ0v) is 14.4. The minimum atomic E-state index is -3.29. The summed E-state index contributed by atoms with van der Waals surface area (Å²) in [4.78, 5) is 0.758.